The molecule has 0 bridgehead atoms. The van der Waals surface area contributed by atoms with E-state index in [1.165, 1.54) is 6.26 Å². The van der Waals surface area contributed by atoms with E-state index in [0.29, 0.717) is 13.1 Å². The van der Waals surface area contributed by atoms with Crippen molar-refractivity contribution in [3.8, 4) is 5.75 Å². The zero-order chi connectivity index (χ0) is 19.4. The van der Waals surface area contributed by atoms with Crippen molar-refractivity contribution in [2.24, 2.45) is 0 Å². The first kappa shape index (κ1) is 18.0. The lowest BCUT2D eigenvalue weighted by Gasteiger charge is -2.48. The number of phenols is 1. The summed E-state index contributed by atoms with van der Waals surface area (Å²) in [6.45, 7) is 4.72. The number of nitrogen functional groups attached to an aromatic ring is 1. The number of aromatic hydroxyl groups is 1. The maximum Gasteiger partial charge on any atom is 0.221 e. The Morgan fingerprint density at radius 3 is 2.74 bits per heavy atom. The SMILES string of the molecule is Cc1cnc(N)nc1N1CC2(CN(CCS(C)(=O)=O)C2)c2ccc(O)cc21. The van der Waals surface area contributed by atoms with Gasteiger partial charge in [0.15, 0.2) is 0 Å². The Balaban J connectivity index is 1.65. The van der Waals surface area contributed by atoms with Crippen LogP contribution in [0.1, 0.15) is 11.1 Å². The van der Waals surface area contributed by atoms with Crippen molar-refractivity contribution >= 4 is 27.3 Å². The number of hydrogen-bond acceptors (Lipinski definition) is 8. The number of nitrogens with two attached hydrogens (primary N) is 1. The van der Waals surface area contributed by atoms with Crippen LogP contribution in [0.15, 0.2) is 24.4 Å². The molecule has 2 aromatic rings. The lowest BCUT2D eigenvalue weighted by molar-refractivity contribution is 0.0837. The van der Waals surface area contributed by atoms with Crippen LogP contribution in [-0.2, 0) is 15.3 Å². The summed E-state index contributed by atoms with van der Waals surface area (Å²) in [5.41, 5.74) is 8.66. The molecule has 0 unspecified atom stereocenters. The number of likely N-dealkylation sites (tertiary alicyclic amines) is 1. The van der Waals surface area contributed by atoms with E-state index >= 15 is 0 Å². The molecule has 1 spiro atoms. The molecule has 0 radical (unpaired) electrons. The molecule has 1 aromatic carbocycles. The molecule has 0 atom stereocenters. The van der Waals surface area contributed by atoms with E-state index in [2.05, 4.69) is 19.8 Å². The number of phenolic OH excluding ortho intramolecular Hbond substituents is 1. The number of anilines is 3. The molecule has 2 aliphatic rings. The number of fused-ring (bicyclic) bond motifs is 2. The highest BCUT2D eigenvalue weighted by molar-refractivity contribution is 7.90. The summed E-state index contributed by atoms with van der Waals surface area (Å²) in [7, 11) is -2.98. The van der Waals surface area contributed by atoms with Gasteiger partial charge in [-0.15, -0.1) is 0 Å². The topological polar surface area (TPSA) is 113 Å². The van der Waals surface area contributed by atoms with Crippen molar-refractivity contribution in [1.29, 1.82) is 0 Å². The minimum absolute atomic E-state index is 0.104. The molecule has 3 heterocycles. The van der Waals surface area contributed by atoms with Gasteiger partial charge in [-0.25, -0.2) is 13.4 Å². The standard InChI is InChI=1S/C18H23N5O3S/c1-12-8-20-17(19)21-16(12)23-11-18(14-4-3-13(24)7-15(14)23)9-22(10-18)5-6-27(2,25)26/h3-4,7-8,24H,5-6,9-11H2,1-2H3,(H2,19,20,21). The first-order valence-corrected chi connectivity index (χ1v) is 10.8. The Morgan fingerprint density at radius 2 is 2.04 bits per heavy atom. The molecule has 1 aromatic heterocycles. The molecule has 0 amide bonds. The molecule has 27 heavy (non-hydrogen) atoms. The Labute approximate surface area is 158 Å². The molecule has 8 nitrogen and oxygen atoms in total. The zero-order valence-corrected chi connectivity index (χ0v) is 16.2. The van der Waals surface area contributed by atoms with Crippen molar-refractivity contribution < 1.29 is 13.5 Å². The van der Waals surface area contributed by atoms with Gasteiger partial charge in [-0.1, -0.05) is 6.07 Å². The average Bonchev–Trinajstić information content (AvgIpc) is 2.88. The van der Waals surface area contributed by atoms with Gasteiger partial charge in [0.2, 0.25) is 5.95 Å². The monoisotopic (exact) mass is 389 g/mol. The number of benzene rings is 1. The van der Waals surface area contributed by atoms with Crippen LogP contribution in [-0.4, -0.2) is 66.6 Å². The average molecular weight is 389 g/mol. The van der Waals surface area contributed by atoms with Crippen LogP contribution < -0.4 is 10.6 Å². The highest BCUT2D eigenvalue weighted by Gasteiger charge is 2.51. The van der Waals surface area contributed by atoms with Gasteiger partial charge in [0.1, 0.15) is 21.4 Å². The molecule has 0 aliphatic carbocycles. The van der Waals surface area contributed by atoms with Crippen molar-refractivity contribution in [2.45, 2.75) is 12.3 Å². The second kappa shape index (κ2) is 6.07. The largest absolute Gasteiger partial charge is 0.508 e. The van der Waals surface area contributed by atoms with Crippen LogP contribution in [0.4, 0.5) is 17.5 Å². The minimum Gasteiger partial charge on any atom is -0.508 e. The smallest absolute Gasteiger partial charge is 0.221 e. The summed E-state index contributed by atoms with van der Waals surface area (Å²) in [6.07, 6.45) is 2.96. The summed E-state index contributed by atoms with van der Waals surface area (Å²) in [6, 6.07) is 5.41. The third-order valence-corrected chi connectivity index (χ3v) is 6.28. The molecule has 3 N–H and O–H groups in total. The van der Waals surface area contributed by atoms with Crippen molar-refractivity contribution in [2.75, 3.05) is 48.8 Å². The van der Waals surface area contributed by atoms with Gasteiger partial charge in [0.25, 0.3) is 0 Å². The van der Waals surface area contributed by atoms with E-state index in [1.807, 2.05) is 13.0 Å². The third kappa shape index (κ3) is 3.21. The molecular weight excluding hydrogens is 366 g/mol. The van der Waals surface area contributed by atoms with Gasteiger partial charge in [-0.2, -0.15) is 4.98 Å². The van der Waals surface area contributed by atoms with E-state index in [4.69, 9.17) is 5.73 Å². The molecular formula is C18H23N5O3S. The lowest BCUT2D eigenvalue weighted by atomic mass is 9.75. The van der Waals surface area contributed by atoms with Gasteiger partial charge in [0.05, 0.1) is 5.75 Å². The van der Waals surface area contributed by atoms with Crippen LogP contribution in [0.5, 0.6) is 5.75 Å². The van der Waals surface area contributed by atoms with Gasteiger partial charge in [-0.05, 0) is 18.6 Å². The van der Waals surface area contributed by atoms with Gasteiger partial charge in [-0.3, -0.25) is 0 Å². The van der Waals surface area contributed by atoms with E-state index in [9.17, 15) is 13.5 Å². The fraction of sp³-hybridized carbons (Fsp3) is 0.444. The van der Waals surface area contributed by atoms with Gasteiger partial charge < -0.3 is 20.6 Å². The molecule has 4 rings (SSSR count). The second-order valence-electron chi connectivity index (χ2n) is 7.64. The Morgan fingerprint density at radius 1 is 1.30 bits per heavy atom. The molecule has 0 saturated carbocycles. The first-order chi connectivity index (χ1) is 12.7. The van der Waals surface area contributed by atoms with E-state index < -0.39 is 9.84 Å². The van der Waals surface area contributed by atoms with E-state index in [0.717, 1.165) is 35.7 Å². The minimum atomic E-state index is -2.98. The van der Waals surface area contributed by atoms with Crippen LogP contribution in [0.3, 0.4) is 0 Å². The van der Waals surface area contributed by atoms with E-state index in [-0.39, 0.29) is 22.9 Å². The fourth-order valence-electron chi connectivity index (χ4n) is 4.11. The second-order valence-corrected chi connectivity index (χ2v) is 9.90. The predicted molar refractivity (Wildman–Crippen MR) is 104 cm³/mol. The highest BCUT2D eigenvalue weighted by Crippen LogP contribution is 2.50. The summed E-state index contributed by atoms with van der Waals surface area (Å²) < 4.78 is 22.9. The summed E-state index contributed by atoms with van der Waals surface area (Å²) in [5, 5.41) is 10.0. The zero-order valence-electron chi connectivity index (χ0n) is 15.4. The molecule has 9 heteroatoms. The van der Waals surface area contributed by atoms with Crippen LogP contribution in [0, 0.1) is 6.92 Å². The Bertz CT molecular complexity index is 1000. The van der Waals surface area contributed by atoms with Gasteiger partial charge in [0, 0.05) is 61.4 Å². The summed E-state index contributed by atoms with van der Waals surface area (Å²) >= 11 is 0. The van der Waals surface area contributed by atoms with Crippen molar-refractivity contribution in [3.05, 3.63) is 35.5 Å². The maximum absolute atomic E-state index is 11.4. The predicted octanol–water partition coefficient (Wildman–Crippen LogP) is 0.823. The van der Waals surface area contributed by atoms with Crippen molar-refractivity contribution in [3.63, 3.8) is 0 Å². The lowest BCUT2D eigenvalue weighted by Crippen LogP contribution is -2.61. The van der Waals surface area contributed by atoms with Crippen LogP contribution >= 0.6 is 0 Å². The summed E-state index contributed by atoms with van der Waals surface area (Å²) in [4.78, 5) is 12.7. The Kier molecular flexibility index (Phi) is 4.04. The molecule has 144 valence electrons. The Hall–Kier alpha value is -2.39. The molecule has 1 saturated heterocycles. The number of aromatic nitrogens is 2. The quantitative estimate of drug-likeness (QED) is 0.790. The number of aryl methyl sites for hydroxylation is 1. The maximum atomic E-state index is 11.4. The molecule has 1 fully saturated rings. The first-order valence-electron chi connectivity index (χ1n) is 8.77. The fourth-order valence-corrected chi connectivity index (χ4v) is 4.70. The van der Waals surface area contributed by atoms with Crippen LogP contribution in [0.2, 0.25) is 0 Å². The highest BCUT2D eigenvalue weighted by atomic mass is 32.2. The number of hydrogen-bond donors (Lipinski definition) is 2. The van der Waals surface area contributed by atoms with Gasteiger partial charge >= 0.3 is 0 Å². The van der Waals surface area contributed by atoms with Crippen LogP contribution in [0.25, 0.3) is 0 Å². The van der Waals surface area contributed by atoms with Crippen molar-refractivity contribution in [1.82, 2.24) is 14.9 Å². The number of nitrogens with zero attached hydrogens (tertiary/aromatic N) is 4. The molecule has 2 aliphatic heterocycles. The number of sulfone groups is 1. The summed E-state index contributed by atoms with van der Waals surface area (Å²) in [5.74, 6) is 1.31. The van der Waals surface area contributed by atoms with E-state index in [1.54, 1.807) is 18.3 Å². The number of rotatable bonds is 4. The normalized spacial score (nSPS) is 18.5. The third-order valence-electron chi connectivity index (χ3n) is 5.35.